The summed E-state index contributed by atoms with van der Waals surface area (Å²) in [6, 6.07) is 8.76. The Hall–Kier alpha value is -1.06. The predicted octanol–water partition coefficient (Wildman–Crippen LogP) is 3.09. The van der Waals surface area contributed by atoms with Gasteiger partial charge in [0.25, 0.3) is 0 Å². The molecule has 112 valence electrons. The van der Waals surface area contributed by atoms with E-state index in [1.165, 1.54) is 5.56 Å². The lowest BCUT2D eigenvalue weighted by molar-refractivity contribution is 0.145. The third kappa shape index (κ3) is 3.97. The third-order valence-electron chi connectivity index (χ3n) is 3.96. The van der Waals surface area contributed by atoms with Crippen molar-refractivity contribution in [2.24, 2.45) is 0 Å². The first kappa shape index (κ1) is 15.3. The first-order chi connectivity index (χ1) is 9.31. The van der Waals surface area contributed by atoms with E-state index in [1.807, 2.05) is 12.1 Å². The van der Waals surface area contributed by atoms with Crippen LogP contribution in [0.5, 0.6) is 5.75 Å². The van der Waals surface area contributed by atoms with Gasteiger partial charge in [-0.2, -0.15) is 0 Å². The topological polar surface area (TPSA) is 33.3 Å². The number of rotatable bonds is 4. The lowest BCUT2D eigenvalue weighted by atomic mass is 9.79. The van der Waals surface area contributed by atoms with Crippen LogP contribution in [0.4, 0.5) is 0 Å². The van der Waals surface area contributed by atoms with Crippen LogP contribution in [0.1, 0.15) is 46.1 Å². The molecule has 0 bridgehead atoms. The number of para-hydroxylation sites is 1. The van der Waals surface area contributed by atoms with E-state index >= 15 is 0 Å². The third-order valence-corrected chi connectivity index (χ3v) is 3.96. The van der Waals surface area contributed by atoms with Gasteiger partial charge in [-0.15, -0.1) is 0 Å². The summed E-state index contributed by atoms with van der Waals surface area (Å²) < 4.78 is 5.41. The van der Waals surface area contributed by atoms with Crippen LogP contribution >= 0.6 is 0 Å². The quantitative estimate of drug-likeness (QED) is 0.886. The van der Waals surface area contributed by atoms with Crippen molar-refractivity contribution in [1.82, 2.24) is 10.6 Å². The Morgan fingerprint density at radius 3 is 2.35 bits per heavy atom. The summed E-state index contributed by atoms with van der Waals surface area (Å²) in [7, 11) is 1.73. The van der Waals surface area contributed by atoms with Gasteiger partial charge in [-0.25, -0.2) is 0 Å². The van der Waals surface area contributed by atoms with E-state index in [2.05, 4.69) is 50.5 Å². The molecular weight excluding hydrogens is 248 g/mol. The molecule has 1 saturated heterocycles. The van der Waals surface area contributed by atoms with Crippen LogP contribution in [0.25, 0.3) is 0 Å². The molecule has 1 aromatic rings. The standard InChI is InChI=1S/C17H28N2O/c1-16(2)10-14(11-17(3,4)19-16)18-12-13-8-6-7-9-15(13)20-5/h6-9,14,18-19H,10-12H2,1-5H3. The van der Waals surface area contributed by atoms with Gasteiger partial charge < -0.3 is 15.4 Å². The molecule has 1 aromatic carbocycles. The highest BCUT2D eigenvalue weighted by Crippen LogP contribution is 2.29. The molecule has 1 aliphatic heterocycles. The van der Waals surface area contributed by atoms with Gasteiger partial charge in [0.1, 0.15) is 5.75 Å². The van der Waals surface area contributed by atoms with Crippen LogP contribution < -0.4 is 15.4 Å². The van der Waals surface area contributed by atoms with Crippen molar-refractivity contribution in [2.75, 3.05) is 7.11 Å². The average Bonchev–Trinajstić information content (AvgIpc) is 2.33. The number of methoxy groups -OCH3 is 1. The van der Waals surface area contributed by atoms with Crippen molar-refractivity contribution in [2.45, 2.75) is 64.2 Å². The van der Waals surface area contributed by atoms with Crippen LogP contribution in [-0.2, 0) is 6.54 Å². The fraction of sp³-hybridized carbons (Fsp3) is 0.647. The minimum atomic E-state index is 0.181. The second-order valence-electron chi connectivity index (χ2n) is 7.19. The van der Waals surface area contributed by atoms with Crippen molar-refractivity contribution in [3.05, 3.63) is 29.8 Å². The van der Waals surface area contributed by atoms with Crippen molar-refractivity contribution >= 4 is 0 Å². The molecule has 1 aliphatic rings. The molecule has 1 fully saturated rings. The molecule has 2 rings (SSSR count). The van der Waals surface area contributed by atoms with E-state index in [0.29, 0.717) is 6.04 Å². The monoisotopic (exact) mass is 276 g/mol. The molecule has 3 heteroatoms. The number of ether oxygens (including phenoxy) is 1. The van der Waals surface area contributed by atoms with Crippen LogP contribution in [0.3, 0.4) is 0 Å². The fourth-order valence-corrected chi connectivity index (χ4v) is 3.57. The molecule has 0 aliphatic carbocycles. The van der Waals surface area contributed by atoms with Gasteiger partial charge in [0, 0.05) is 29.2 Å². The molecule has 0 unspecified atom stereocenters. The number of hydrogen-bond acceptors (Lipinski definition) is 3. The summed E-state index contributed by atoms with van der Waals surface area (Å²) in [5, 5.41) is 7.42. The van der Waals surface area contributed by atoms with E-state index in [9.17, 15) is 0 Å². The van der Waals surface area contributed by atoms with Gasteiger partial charge in [0.2, 0.25) is 0 Å². The van der Waals surface area contributed by atoms with Crippen molar-refractivity contribution in [3.63, 3.8) is 0 Å². The predicted molar refractivity (Wildman–Crippen MR) is 84.1 cm³/mol. The summed E-state index contributed by atoms with van der Waals surface area (Å²) in [6.07, 6.45) is 2.29. The van der Waals surface area contributed by atoms with Crippen molar-refractivity contribution in [1.29, 1.82) is 0 Å². The first-order valence-electron chi connectivity index (χ1n) is 7.46. The van der Waals surface area contributed by atoms with Crippen LogP contribution in [-0.4, -0.2) is 24.2 Å². The van der Waals surface area contributed by atoms with Crippen LogP contribution in [0.2, 0.25) is 0 Å². The van der Waals surface area contributed by atoms with Gasteiger partial charge in [-0.05, 0) is 46.6 Å². The van der Waals surface area contributed by atoms with E-state index in [0.717, 1.165) is 25.1 Å². The Kier molecular flexibility index (Phi) is 4.40. The summed E-state index contributed by atoms with van der Waals surface area (Å²) in [5.41, 5.74) is 1.59. The van der Waals surface area contributed by atoms with Gasteiger partial charge in [-0.1, -0.05) is 18.2 Å². The SMILES string of the molecule is COc1ccccc1CNC1CC(C)(C)NC(C)(C)C1. The van der Waals surface area contributed by atoms with Gasteiger partial charge in [-0.3, -0.25) is 0 Å². The van der Waals surface area contributed by atoms with Crippen LogP contribution in [0, 0.1) is 0 Å². The highest BCUT2D eigenvalue weighted by Gasteiger charge is 2.37. The number of hydrogen-bond donors (Lipinski definition) is 2. The second kappa shape index (κ2) is 5.74. The Morgan fingerprint density at radius 1 is 1.15 bits per heavy atom. The zero-order valence-electron chi connectivity index (χ0n) is 13.4. The van der Waals surface area contributed by atoms with E-state index in [-0.39, 0.29) is 11.1 Å². The van der Waals surface area contributed by atoms with Crippen molar-refractivity contribution in [3.8, 4) is 5.75 Å². The minimum Gasteiger partial charge on any atom is -0.496 e. The molecule has 0 radical (unpaired) electrons. The lowest BCUT2D eigenvalue weighted by Crippen LogP contribution is -2.61. The first-order valence-corrected chi connectivity index (χ1v) is 7.46. The molecule has 3 nitrogen and oxygen atoms in total. The largest absolute Gasteiger partial charge is 0.496 e. The maximum atomic E-state index is 5.41. The number of piperidine rings is 1. The molecule has 2 N–H and O–H groups in total. The molecular formula is C17H28N2O. The Morgan fingerprint density at radius 2 is 1.75 bits per heavy atom. The lowest BCUT2D eigenvalue weighted by Gasteiger charge is -2.46. The average molecular weight is 276 g/mol. The van der Waals surface area contributed by atoms with Gasteiger partial charge in [0.15, 0.2) is 0 Å². The maximum absolute atomic E-state index is 5.41. The molecule has 0 atom stereocenters. The number of nitrogens with one attached hydrogen (secondary N) is 2. The summed E-state index contributed by atoms with van der Waals surface area (Å²) >= 11 is 0. The highest BCUT2D eigenvalue weighted by atomic mass is 16.5. The molecule has 1 heterocycles. The minimum absolute atomic E-state index is 0.181. The molecule has 0 aromatic heterocycles. The summed E-state index contributed by atoms with van der Waals surface area (Å²) in [5.74, 6) is 0.965. The summed E-state index contributed by atoms with van der Waals surface area (Å²) in [6.45, 7) is 10.00. The maximum Gasteiger partial charge on any atom is 0.123 e. The van der Waals surface area contributed by atoms with E-state index in [1.54, 1.807) is 7.11 Å². The normalized spacial score (nSPS) is 21.6. The van der Waals surface area contributed by atoms with Crippen molar-refractivity contribution < 1.29 is 4.74 Å². The number of benzene rings is 1. The Labute approximate surface area is 123 Å². The summed E-state index contributed by atoms with van der Waals surface area (Å²) in [4.78, 5) is 0. The Balaban J connectivity index is 2.00. The Bertz CT molecular complexity index is 438. The fourth-order valence-electron chi connectivity index (χ4n) is 3.57. The van der Waals surface area contributed by atoms with Gasteiger partial charge in [0.05, 0.1) is 7.11 Å². The zero-order valence-corrected chi connectivity index (χ0v) is 13.4. The molecule has 20 heavy (non-hydrogen) atoms. The highest BCUT2D eigenvalue weighted by molar-refractivity contribution is 5.33. The van der Waals surface area contributed by atoms with E-state index in [4.69, 9.17) is 4.74 Å². The van der Waals surface area contributed by atoms with Crippen LogP contribution in [0.15, 0.2) is 24.3 Å². The second-order valence-corrected chi connectivity index (χ2v) is 7.19. The van der Waals surface area contributed by atoms with E-state index < -0.39 is 0 Å². The zero-order chi connectivity index (χ0) is 14.8. The molecule has 0 spiro atoms. The molecule has 0 saturated carbocycles. The smallest absolute Gasteiger partial charge is 0.123 e. The molecule has 0 amide bonds. The van der Waals surface area contributed by atoms with Gasteiger partial charge >= 0.3 is 0 Å².